The molecule has 0 nitrogen and oxygen atoms in total. The molecule has 2 aromatic carbocycles. The molecule has 2 aromatic rings. The molecule has 0 fully saturated rings. The van der Waals surface area contributed by atoms with Gasteiger partial charge in [0.2, 0.25) is 0 Å². The molecule has 0 aliphatic carbocycles. The summed E-state index contributed by atoms with van der Waals surface area (Å²) in [6, 6.07) is 8.82. The lowest BCUT2D eigenvalue weighted by Crippen LogP contribution is -2.02. The van der Waals surface area contributed by atoms with Crippen molar-refractivity contribution in [1.82, 2.24) is 0 Å². The fourth-order valence-corrected chi connectivity index (χ4v) is 3.11. The molecule has 0 aromatic heterocycles. The maximum absolute atomic E-state index is 14.1. The van der Waals surface area contributed by atoms with E-state index in [4.69, 9.17) is 23.2 Å². The summed E-state index contributed by atoms with van der Waals surface area (Å²) < 4.78 is 14.6. The van der Waals surface area contributed by atoms with Crippen LogP contribution in [-0.2, 0) is 0 Å². The Morgan fingerprint density at radius 1 is 1.16 bits per heavy atom. The van der Waals surface area contributed by atoms with Crippen LogP contribution >= 0.6 is 39.1 Å². The zero-order valence-corrected chi connectivity index (χ0v) is 13.6. The predicted octanol–water partition coefficient (Wildman–Crippen LogP) is 6.19. The first-order chi connectivity index (χ1) is 8.91. The average molecular weight is 362 g/mol. The van der Waals surface area contributed by atoms with Gasteiger partial charge in [-0.3, -0.25) is 0 Å². The minimum Gasteiger partial charge on any atom is -0.207 e. The zero-order chi connectivity index (χ0) is 14.2. The van der Waals surface area contributed by atoms with Crippen LogP contribution in [0.3, 0.4) is 0 Å². The van der Waals surface area contributed by atoms with E-state index in [1.807, 2.05) is 32.0 Å². The third-order valence-electron chi connectivity index (χ3n) is 3.11. The van der Waals surface area contributed by atoms with Crippen molar-refractivity contribution >= 4 is 39.1 Å². The fraction of sp³-hybridized carbons (Fsp3) is 0.200. The number of halogens is 4. The lowest BCUT2D eigenvalue weighted by molar-refractivity contribution is 0.611. The van der Waals surface area contributed by atoms with Gasteiger partial charge in [-0.05, 0) is 58.6 Å². The molecular weight excluding hydrogens is 350 g/mol. The SMILES string of the molecule is Cc1cccc(C)c1C(Cl)c1cc(Cl)c(Br)cc1F. The van der Waals surface area contributed by atoms with Gasteiger partial charge >= 0.3 is 0 Å². The second-order valence-corrected chi connectivity index (χ2v) is 6.15. The minimum absolute atomic E-state index is 0.362. The summed E-state index contributed by atoms with van der Waals surface area (Å²) in [6.07, 6.45) is 0. The lowest BCUT2D eigenvalue weighted by Gasteiger charge is -2.17. The van der Waals surface area contributed by atoms with Crippen molar-refractivity contribution < 1.29 is 4.39 Å². The molecule has 0 radical (unpaired) electrons. The van der Waals surface area contributed by atoms with Gasteiger partial charge in [0.05, 0.1) is 10.4 Å². The first kappa shape index (κ1) is 14.8. The minimum atomic E-state index is -0.549. The fourth-order valence-electron chi connectivity index (χ4n) is 2.11. The van der Waals surface area contributed by atoms with E-state index in [9.17, 15) is 4.39 Å². The summed E-state index contributed by atoms with van der Waals surface area (Å²) in [7, 11) is 0. The summed E-state index contributed by atoms with van der Waals surface area (Å²) in [5, 5.41) is -0.0971. The van der Waals surface area contributed by atoms with Gasteiger partial charge in [-0.15, -0.1) is 11.6 Å². The first-order valence-electron chi connectivity index (χ1n) is 5.76. The van der Waals surface area contributed by atoms with Crippen LogP contribution in [0.25, 0.3) is 0 Å². The predicted molar refractivity (Wildman–Crippen MR) is 82.7 cm³/mol. The normalized spacial score (nSPS) is 12.5. The highest BCUT2D eigenvalue weighted by molar-refractivity contribution is 9.10. The second-order valence-electron chi connectivity index (χ2n) is 4.46. The highest BCUT2D eigenvalue weighted by atomic mass is 79.9. The van der Waals surface area contributed by atoms with Gasteiger partial charge in [0.25, 0.3) is 0 Å². The average Bonchev–Trinajstić information content (AvgIpc) is 2.33. The largest absolute Gasteiger partial charge is 0.207 e. The quantitative estimate of drug-likeness (QED) is 0.442. The lowest BCUT2D eigenvalue weighted by atomic mass is 9.95. The molecule has 1 unspecified atom stereocenters. The zero-order valence-electron chi connectivity index (χ0n) is 10.5. The number of rotatable bonds is 2. The van der Waals surface area contributed by atoms with Crippen molar-refractivity contribution in [2.75, 3.05) is 0 Å². The third-order valence-corrected chi connectivity index (χ3v) is 4.76. The summed E-state index contributed by atoms with van der Waals surface area (Å²) >= 11 is 15.7. The Balaban J connectivity index is 2.56. The number of alkyl halides is 1. The molecule has 4 heteroatoms. The van der Waals surface area contributed by atoms with Crippen molar-refractivity contribution in [3.63, 3.8) is 0 Å². The summed E-state index contributed by atoms with van der Waals surface area (Å²) in [6.45, 7) is 3.94. The van der Waals surface area contributed by atoms with Crippen LogP contribution in [0.5, 0.6) is 0 Å². The van der Waals surface area contributed by atoms with Crippen molar-refractivity contribution in [1.29, 1.82) is 0 Å². The van der Waals surface area contributed by atoms with Gasteiger partial charge in [-0.2, -0.15) is 0 Å². The maximum Gasteiger partial charge on any atom is 0.129 e. The van der Waals surface area contributed by atoms with E-state index in [0.29, 0.717) is 15.1 Å². The van der Waals surface area contributed by atoms with Gasteiger partial charge < -0.3 is 0 Å². The number of hydrogen-bond donors (Lipinski definition) is 0. The van der Waals surface area contributed by atoms with Crippen LogP contribution in [0.2, 0.25) is 5.02 Å². The molecule has 0 bridgehead atoms. The topological polar surface area (TPSA) is 0 Å². The van der Waals surface area contributed by atoms with Crippen molar-refractivity contribution in [3.8, 4) is 0 Å². The smallest absolute Gasteiger partial charge is 0.129 e. The van der Waals surface area contributed by atoms with E-state index in [1.165, 1.54) is 6.07 Å². The molecule has 0 heterocycles. The van der Waals surface area contributed by atoms with Gasteiger partial charge in [-0.25, -0.2) is 4.39 Å². The number of hydrogen-bond acceptors (Lipinski definition) is 0. The standard InChI is InChI=1S/C15H12BrCl2F/c1-8-4-3-5-9(2)14(8)15(18)10-6-12(17)11(16)7-13(10)19/h3-7,15H,1-2H3. The Kier molecular flexibility index (Phi) is 4.54. The van der Waals surface area contributed by atoms with Crippen LogP contribution in [0.4, 0.5) is 4.39 Å². The van der Waals surface area contributed by atoms with Crippen molar-refractivity contribution in [2.45, 2.75) is 19.2 Å². The summed E-state index contributed by atoms with van der Waals surface area (Å²) in [5.41, 5.74) is 3.41. The molecule has 0 aliphatic heterocycles. The summed E-state index contributed by atoms with van der Waals surface area (Å²) in [4.78, 5) is 0. The molecule has 0 aliphatic rings. The highest BCUT2D eigenvalue weighted by Crippen LogP contribution is 2.37. The van der Waals surface area contributed by atoms with Crippen LogP contribution in [0.15, 0.2) is 34.8 Å². The monoisotopic (exact) mass is 360 g/mol. The molecule has 100 valence electrons. The second kappa shape index (κ2) is 5.82. The van der Waals surface area contributed by atoms with E-state index in [2.05, 4.69) is 15.9 Å². The summed E-state index contributed by atoms with van der Waals surface area (Å²) in [5.74, 6) is -0.362. The number of aryl methyl sites for hydroxylation is 2. The highest BCUT2D eigenvalue weighted by Gasteiger charge is 2.20. The van der Waals surface area contributed by atoms with Gasteiger partial charge in [0, 0.05) is 10.0 Å². The van der Waals surface area contributed by atoms with Crippen LogP contribution in [0.1, 0.15) is 27.6 Å². The molecule has 0 N–H and O–H groups in total. The van der Waals surface area contributed by atoms with Gasteiger partial charge in [-0.1, -0.05) is 29.8 Å². The Bertz CT molecular complexity index is 606. The Labute approximate surface area is 130 Å². The van der Waals surface area contributed by atoms with Crippen molar-refractivity contribution in [3.05, 3.63) is 67.9 Å². The van der Waals surface area contributed by atoms with Crippen molar-refractivity contribution in [2.24, 2.45) is 0 Å². The van der Waals surface area contributed by atoms with E-state index >= 15 is 0 Å². The molecular formula is C15H12BrCl2F. The maximum atomic E-state index is 14.1. The molecule has 19 heavy (non-hydrogen) atoms. The molecule has 0 saturated heterocycles. The van der Waals surface area contributed by atoms with E-state index in [1.54, 1.807) is 6.07 Å². The third kappa shape index (κ3) is 2.96. The van der Waals surface area contributed by atoms with Gasteiger partial charge in [0.1, 0.15) is 5.82 Å². The van der Waals surface area contributed by atoms with E-state index < -0.39 is 5.38 Å². The molecule has 0 saturated carbocycles. The van der Waals surface area contributed by atoms with Gasteiger partial charge in [0.15, 0.2) is 0 Å². The number of benzene rings is 2. The molecule has 0 spiro atoms. The molecule has 2 rings (SSSR count). The van der Waals surface area contributed by atoms with Crippen LogP contribution in [-0.4, -0.2) is 0 Å². The Hall–Kier alpha value is -0.570. The molecule has 0 amide bonds. The van der Waals surface area contributed by atoms with Crippen LogP contribution < -0.4 is 0 Å². The Morgan fingerprint density at radius 2 is 1.74 bits per heavy atom. The van der Waals surface area contributed by atoms with E-state index in [-0.39, 0.29) is 5.82 Å². The Morgan fingerprint density at radius 3 is 2.32 bits per heavy atom. The van der Waals surface area contributed by atoms with Crippen LogP contribution in [0, 0.1) is 19.7 Å². The molecule has 1 atom stereocenters. The first-order valence-corrected chi connectivity index (χ1v) is 7.37. The van der Waals surface area contributed by atoms with E-state index in [0.717, 1.165) is 16.7 Å².